The maximum absolute atomic E-state index is 5.75. The number of nitrogens with one attached hydrogen (secondary N) is 2. The van der Waals surface area contributed by atoms with E-state index in [0.29, 0.717) is 12.4 Å². The third-order valence-electron chi connectivity index (χ3n) is 3.25. The average molecular weight is 318 g/mol. The highest BCUT2D eigenvalue weighted by atomic mass is 16.4. The molecule has 0 unspecified atom stereocenters. The molecule has 0 aromatic carbocycles. The first-order valence-electron chi connectivity index (χ1n) is 7.99. The second-order valence-corrected chi connectivity index (χ2v) is 6.32. The van der Waals surface area contributed by atoms with Crippen molar-refractivity contribution in [1.82, 2.24) is 15.6 Å². The van der Waals surface area contributed by atoms with Crippen molar-refractivity contribution in [3.63, 3.8) is 0 Å². The molecule has 2 aromatic heterocycles. The van der Waals surface area contributed by atoms with E-state index in [1.807, 2.05) is 19.1 Å². The number of nitrogens with zero attached hydrogens (tertiary/aromatic N) is 2. The Hall–Kier alpha value is -2.24. The average Bonchev–Trinajstić information content (AvgIpc) is 3.15. The molecule has 2 aromatic rings. The maximum atomic E-state index is 5.75. The summed E-state index contributed by atoms with van der Waals surface area (Å²) in [6, 6.07) is 3.86. The minimum atomic E-state index is -0.0409. The SMILES string of the molecule is CCNC(=NCc1ncc(C(C)(C)C)o1)NCCc1ccco1. The van der Waals surface area contributed by atoms with Crippen LogP contribution in [0.2, 0.25) is 0 Å². The van der Waals surface area contributed by atoms with Crippen molar-refractivity contribution in [1.29, 1.82) is 0 Å². The molecule has 0 bridgehead atoms. The maximum Gasteiger partial charge on any atom is 0.216 e. The number of aliphatic imine (C=N–C) groups is 1. The number of guanidine groups is 1. The topological polar surface area (TPSA) is 75.6 Å². The van der Waals surface area contributed by atoms with Crippen LogP contribution in [0.3, 0.4) is 0 Å². The van der Waals surface area contributed by atoms with Crippen LogP contribution in [0.1, 0.15) is 45.1 Å². The van der Waals surface area contributed by atoms with Crippen LogP contribution in [0.25, 0.3) is 0 Å². The highest BCUT2D eigenvalue weighted by Gasteiger charge is 2.18. The fourth-order valence-corrected chi connectivity index (χ4v) is 1.98. The second-order valence-electron chi connectivity index (χ2n) is 6.32. The Balaban J connectivity index is 1.88. The molecule has 2 rings (SSSR count). The Labute approximate surface area is 137 Å². The van der Waals surface area contributed by atoms with Gasteiger partial charge in [-0.05, 0) is 19.1 Å². The first kappa shape index (κ1) is 17.1. The molecule has 23 heavy (non-hydrogen) atoms. The Morgan fingerprint density at radius 2 is 2.13 bits per heavy atom. The standard InChI is InChI=1S/C17H26N4O2/c1-5-18-16(19-9-8-13-7-6-10-22-13)21-12-15-20-11-14(23-15)17(2,3)4/h6-7,10-11H,5,8-9,12H2,1-4H3,(H2,18,19,21). The van der Waals surface area contributed by atoms with Gasteiger partial charge in [-0.1, -0.05) is 20.8 Å². The van der Waals surface area contributed by atoms with E-state index in [4.69, 9.17) is 8.83 Å². The lowest BCUT2D eigenvalue weighted by Crippen LogP contribution is -2.38. The summed E-state index contributed by atoms with van der Waals surface area (Å²) in [5.74, 6) is 3.20. The minimum Gasteiger partial charge on any atom is -0.469 e. The largest absolute Gasteiger partial charge is 0.469 e. The van der Waals surface area contributed by atoms with Gasteiger partial charge in [0.15, 0.2) is 5.96 Å². The molecular weight excluding hydrogens is 292 g/mol. The van der Waals surface area contributed by atoms with Crippen LogP contribution in [0.4, 0.5) is 0 Å². The zero-order valence-electron chi connectivity index (χ0n) is 14.3. The lowest BCUT2D eigenvalue weighted by molar-refractivity contribution is 0.383. The number of hydrogen-bond donors (Lipinski definition) is 2. The fraction of sp³-hybridized carbons (Fsp3) is 0.529. The van der Waals surface area contributed by atoms with Crippen LogP contribution in [-0.4, -0.2) is 24.0 Å². The van der Waals surface area contributed by atoms with E-state index in [0.717, 1.165) is 37.0 Å². The molecule has 0 spiro atoms. The van der Waals surface area contributed by atoms with Crippen molar-refractivity contribution < 1.29 is 8.83 Å². The van der Waals surface area contributed by atoms with Crippen molar-refractivity contribution >= 4 is 5.96 Å². The summed E-state index contributed by atoms with van der Waals surface area (Å²) in [7, 11) is 0. The zero-order chi connectivity index (χ0) is 16.7. The lowest BCUT2D eigenvalue weighted by Gasteiger charge is -2.13. The molecule has 0 aliphatic carbocycles. The first-order valence-corrected chi connectivity index (χ1v) is 7.99. The third-order valence-corrected chi connectivity index (χ3v) is 3.25. The molecule has 0 aliphatic heterocycles. The molecule has 2 N–H and O–H groups in total. The van der Waals surface area contributed by atoms with Crippen LogP contribution in [0.5, 0.6) is 0 Å². The van der Waals surface area contributed by atoms with Gasteiger partial charge in [-0.3, -0.25) is 0 Å². The van der Waals surface area contributed by atoms with E-state index in [2.05, 4.69) is 41.4 Å². The molecule has 0 saturated carbocycles. The summed E-state index contributed by atoms with van der Waals surface area (Å²) in [4.78, 5) is 8.80. The highest BCUT2D eigenvalue weighted by molar-refractivity contribution is 5.79. The van der Waals surface area contributed by atoms with Gasteiger partial charge >= 0.3 is 0 Å². The van der Waals surface area contributed by atoms with Crippen molar-refractivity contribution in [2.24, 2.45) is 4.99 Å². The molecule has 0 aliphatic rings. The van der Waals surface area contributed by atoms with Crippen LogP contribution >= 0.6 is 0 Å². The van der Waals surface area contributed by atoms with Gasteiger partial charge in [0, 0.05) is 24.9 Å². The number of hydrogen-bond acceptors (Lipinski definition) is 4. The van der Waals surface area contributed by atoms with Gasteiger partial charge in [-0.15, -0.1) is 0 Å². The quantitative estimate of drug-likeness (QED) is 0.633. The van der Waals surface area contributed by atoms with Gasteiger partial charge in [-0.2, -0.15) is 0 Å². The first-order chi connectivity index (χ1) is 11.0. The van der Waals surface area contributed by atoms with Crippen molar-refractivity contribution in [2.75, 3.05) is 13.1 Å². The summed E-state index contributed by atoms with van der Waals surface area (Å²) in [5.41, 5.74) is -0.0409. The number of furan rings is 1. The van der Waals surface area contributed by atoms with Crippen LogP contribution < -0.4 is 10.6 Å². The predicted molar refractivity (Wildman–Crippen MR) is 90.4 cm³/mol. The van der Waals surface area contributed by atoms with Crippen LogP contribution in [0.15, 0.2) is 38.4 Å². The van der Waals surface area contributed by atoms with E-state index >= 15 is 0 Å². The van der Waals surface area contributed by atoms with E-state index in [1.54, 1.807) is 12.5 Å². The molecular formula is C17H26N4O2. The summed E-state index contributed by atoms with van der Waals surface area (Å²) in [6.45, 7) is 10.3. The van der Waals surface area contributed by atoms with Gasteiger partial charge in [0.05, 0.1) is 12.5 Å². The fourth-order valence-electron chi connectivity index (χ4n) is 1.98. The predicted octanol–water partition coefficient (Wildman–Crippen LogP) is 2.86. The van der Waals surface area contributed by atoms with Crippen LogP contribution in [0, 0.1) is 0 Å². The molecule has 126 valence electrons. The van der Waals surface area contributed by atoms with E-state index in [9.17, 15) is 0 Å². The summed E-state index contributed by atoms with van der Waals surface area (Å²) in [5, 5.41) is 6.48. The van der Waals surface area contributed by atoms with Crippen molar-refractivity contribution in [3.05, 3.63) is 42.0 Å². The molecule has 2 heterocycles. The van der Waals surface area contributed by atoms with Crippen LogP contribution in [-0.2, 0) is 18.4 Å². The molecule has 0 atom stereocenters. The smallest absolute Gasteiger partial charge is 0.216 e. The van der Waals surface area contributed by atoms with Crippen molar-refractivity contribution in [2.45, 2.75) is 46.1 Å². The normalized spacial score (nSPS) is 12.4. The number of aromatic nitrogens is 1. The van der Waals surface area contributed by atoms with Gasteiger partial charge in [0.25, 0.3) is 0 Å². The Morgan fingerprint density at radius 3 is 2.74 bits per heavy atom. The minimum absolute atomic E-state index is 0.0409. The van der Waals surface area contributed by atoms with E-state index in [1.165, 1.54) is 0 Å². The summed E-state index contributed by atoms with van der Waals surface area (Å²) >= 11 is 0. The lowest BCUT2D eigenvalue weighted by atomic mass is 9.94. The summed E-state index contributed by atoms with van der Waals surface area (Å²) in [6.07, 6.45) is 4.27. The zero-order valence-corrected chi connectivity index (χ0v) is 14.3. The molecule has 0 saturated heterocycles. The second kappa shape index (κ2) is 7.85. The number of rotatable bonds is 6. The molecule has 6 heteroatoms. The van der Waals surface area contributed by atoms with Gasteiger partial charge in [0.1, 0.15) is 18.1 Å². The van der Waals surface area contributed by atoms with Crippen molar-refractivity contribution in [3.8, 4) is 0 Å². The van der Waals surface area contributed by atoms with E-state index in [-0.39, 0.29) is 5.41 Å². The Morgan fingerprint density at radius 1 is 1.30 bits per heavy atom. The molecule has 0 amide bonds. The summed E-state index contributed by atoms with van der Waals surface area (Å²) < 4.78 is 11.1. The van der Waals surface area contributed by atoms with Gasteiger partial charge in [0.2, 0.25) is 5.89 Å². The highest BCUT2D eigenvalue weighted by Crippen LogP contribution is 2.22. The third kappa shape index (κ3) is 5.47. The number of oxazole rings is 1. The monoisotopic (exact) mass is 318 g/mol. The molecule has 0 fully saturated rings. The van der Waals surface area contributed by atoms with E-state index < -0.39 is 0 Å². The molecule has 6 nitrogen and oxygen atoms in total. The molecule has 0 radical (unpaired) electrons. The Kier molecular flexibility index (Phi) is 5.84. The van der Waals surface area contributed by atoms with Gasteiger partial charge < -0.3 is 19.5 Å². The Bertz CT molecular complexity index is 609. The van der Waals surface area contributed by atoms with Gasteiger partial charge in [-0.25, -0.2) is 9.98 Å².